The Morgan fingerprint density at radius 1 is 1.50 bits per heavy atom. The minimum Gasteiger partial charge on any atom is -0.326 e. The summed E-state index contributed by atoms with van der Waals surface area (Å²) in [5, 5.41) is 9.21. The van der Waals surface area contributed by atoms with E-state index in [1.165, 1.54) is 19.3 Å². The van der Waals surface area contributed by atoms with E-state index in [4.69, 9.17) is 11.6 Å². The Labute approximate surface area is 127 Å². The highest BCUT2D eigenvalue weighted by molar-refractivity contribution is 8.00. The second kappa shape index (κ2) is 5.31. The molecule has 0 radical (unpaired) electrons. The van der Waals surface area contributed by atoms with Crippen LogP contribution in [0.2, 0.25) is 0 Å². The third-order valence-corrected chi connectivity index (χ3v) is 5.88. The number of benzene rings is 1. The molecule has 1 fully saturated rings. The maximum Gasteiger partial charge on any atom is 0.124 e. The predicted molar refractivity (Wildman–Crippen MR) is 84.1 cm³/mol. The van der Waals surface area contributed by atoms with E-state index in [1.54, 1.807) is 0 Å². The topological polar surface area (TPSA) is 41.6 Å². The number of nitriles is 1. The molecule has 0 N–H and O–H groups in total. The van der Waals surface area contributed by atoms with Crippen LogP contribution in [-0.4, -0.2) is 20.6 Å². The summed E-state index contributed by atoms with van der Waals surface area (Å²) < 4.78 is 2.52. The Hall–Kier alpha value is -1.18. The number of para-hydroxylation sites is 1. The number of halogens is 1. The van der Waals surface area contributed by atoms with Gasteiger partial charge in [0.15, 0.2) is 0 Å². The van der Waals surface area contributed by atoms with E-state index in [9.17, 15) is 5.26 Å². The Morgan fingerprint density at radius 2 is 2.30 bits per heavy atom. The summed E-state index contributed by atoms with van der Waals surface area (Å²) in [5.41, 5.74) is 2.43. The molecular weight excluding hydrogens is 290 g/mol. The summed E-state index contributed by atoms with van der Waals surface area (Å²) in [6.07, 6.45) is 5.97. The van der Waals surface area contributed by atoms with Crippen molar-refractivity contribution in [3.05, 3.63) is 29.6 Å². The van der Waals surface area contributed by atoms with E-state index in [2.05, 4.69) is 21.9 Å². The molecule has 1 aliphatic rings. The maximum absolute atomic E-state index is 9.21. The van der Waals surface area contributed by atoms with Gasteiger partial charge in [0.2, 0.25) is 0 Å². The van der Waals surface area contributed by atoms with Crippen molar-refractivity contribution in [3.8, 4) is 6.07 Å². The molecule has 1 heterocycles. The van der Waals surface area contributed by atoms with Gasteiger partial charge in [-0.2, -0.15) is 17.0 Å². The monoisotopic (exact) mass is 305 g/mol. The molecule has 0 spiro atoms. The van der Waals surface area contributed by atoms with Gasteiger partial charge in [-0.1, -0.05) is 12.5 Å². The molecule has 5 heteroatoms. The quantitative estimate of drug-likeness (QED) is 0.804. The van der Waals surface area contributed by atoms with Gasteiger partial charge in [-0.05, 0) is 31.2 Å². The van der Waals surface area contributed by atoms with Crippen LogP contribution in [0.1, 0.15) is 30.7 Å². The Balaban J connectivity index is 2.12. The van der Waals surface area contributed by atoms with Crippen LogP contribution in [0.25, 0.3) is 11.0 Å². The van der Waals surface area contributed by atoms with E-state index in [0.717, 1.165) is 23.4 Å². The molecule has 1 aliphatic carbocycles. The molecule has 2 aromatic rings. The fourth-order valence-electron chi connectivity index (χ4n) is 2.85. The van der Waals surface area contributed by atoms with Gasteiger partial charge in [-0.3, -0.25) is 0 Å². The molecule has 0 saturated heterocycles. The zero-order valence-electron chi connectivity index (χ0n) is 11.4. The normalized spacial score (nSPS) is 16.9. The number of hydrogen-bond donors (Lipinski definition) is 0. The van der Waals surface area contributed by atoms with Crippen LogP contribution in [0.15, 0.2) is 18.2 Å². The lowest BCUT2D eigenvalue weighted by molar-refractivity contribution is 0.322. The number of imidazole rings is 1. The lowest BCUT2D eigenvalue weighted by atomic mass is 9.84. The summed E-state index contributed by atoms with van der Waals surface area (Å²) >= 11 is 8.00. The third-order valence-electron chi connectivity index (χ3n) is 4.24. The van der Waals surface area contributed by atoms with Gasteiger partial charge in [-0.25, -0.2) is 4.98 Å². The van der Waals surface area contributed by atoms with Gasteiger partial charge in [-0.15, -0.1) is 11.6 Å². The molecule has 0 aliphatic heterocycles. The maximum atomic E-state index is 9.21. The summed E-state index contributed by atoms with van der Waals surface area (Å²) in [6, 6.07) is 7.98. The fraction of sp³-hybridized carbons (Fsp3) is 0.467. The minimum absolute atomic E-state index is 0.317. The molecule has 0 atom stereocenters. The van der Waals surface area contributed by atoms with Crippen LogP contribution in [-0.2, 0) is 12.4 Å². The zero-order valence-corrected chi connectivity index (χ0v) is 13.0. The largest absolute Gasteiger partial charge is 0.326 e. The zero-order chi connectivity index (χ0) is 14.2. The summed E-state index contributed by atoms with van der Waals surface area (Å²) in [5.74, 6) is 1.24. The summed E-state index contributed by atoms with van der Waals surface area (Å²) in [6.45, 7) is 0.932. The van der Waals surface area contributed by atoms with E-state index in [-0.39, 0.29) is 0 Å². The number of fused-ring (bicyclic) bond motifs is 1. The summed E-state index contributed by atoms with van der Waals surface area (Å²) in [4.78, 5) is 4.58. The highest BCUT2D eigenvalue weighted by Crippen LogP contribution is 2.44. The first-order valence-corrected chi connectivity index (χ1v) is 8.48. The Morgan fingerprint density at radius 3 is 2.85 bits per heavy atom. The number of aromatic nitrogens is 2. The predicted octanol–water partition coefficient (Wildman–Crippen LogP) is 3.93. The van der Waals surface area contributed by atoms with Gasteiger partial charge in [0.1, 0.15) is 17.4 Å². The van der Waals surface area contributed by atoms with Crippen LogP contribution in [0.4, 0.5) is 0 Å². The van der Waals surface area contributed by atoms with Crippen LogP contribution in [0.5, 0.6) is 0 Å². The second-order valence-corrected chi connectivity index (χ2v) is 6.82. The van der Waals surface area contributed by atoms with Crippen molar-refractivity contribution in [1.29, 1.82) is 5.26 Å². The molecular formula is C15H16ClN3S. The van der Waals surface area contributed by atoms with Crippen molar-refractivity contribution in [3.63, 3.8) is 0 Å². The third kappa shape index (κ3) is 2.10. The standard InChI is InChI=1S/C15H16ClN3S/c1-20-15(6-3-7-15)10-19-12-5-2-4-11(9-17)14(12)18-13(19)8-16/h2,4-5H,3,6-8,10H2,1H3. The first-order chi connectivity index (χ1) is 9.73. The number of rotatable bonds is 4. The van der Waals surface area contributed by atoms with Crippen LogP contribution >= 0.6 is 23.4 Å². The number of thioether (sulfide) groups is 1. The number of hydrogen-bond acceptors (Lipinski definition) is 3. The molecule has 104 valence electrons. The van der Waals surface area contributed by atoms with Crippen molar-refractivity contribution < 1.29 is 0 Å². The molecule has 0 amide bonds. The van der Waals surface area contributed by atoms with Gasteiger partial charge < -0.3 is 4.57 Å². The van der Waals surface area contributed by atoms with Gasteiger partial charge in [0.05, 0.1) is 17.0 Å². The van der Waals surface area contributed by atoms with E-state index < -0.39 is 0 Å². The van der Waals surface area contributed by atoms with E-state index in [1.807, 2.05) is 30.0 Å². The van der Waals surface area contributed by atoms with Crippen LogP contribution < -0.4 is 0 Å². The van der Waals surface area contributed by atoms with Crippen molar-refractivity contribution >= 4 is 34.4 Å². The minimum atomic E-state index is 0.317. The summed E-state index contributed by atoms with van der Waals surface area (Å²) in [7, 11) is 0. The SMILES string of the molecule is CSC1(Cn2c(CCl)nc3c(C#N)cccc32)CCC1. The molecule has 3 rings (SSSR count). The fourth-order valence-corrected chi connectivity index (χ4v) is 4.01. The van der Waals surface area contributed by atoms with E-state index in [0.29, 0.717) is 16.2 Å². The number of alkyl halides is 1. The van der Waals surface area contributed by atoms with Crippen molar-refractivity contribution in [2.75, 3.05) is 6.26 Å². The van der Waals surface area contributed by atoms with Crippen molar-refractivity contribution in [2.45, 2.75) is 36.4 Å². The first-order valence-electron chi connectivity index (χ1n) is 6.72. The van der Waals surface area contributed by atoms with E-state index >= 15 is 0 Å². The van der Waals surface area contributed by atoms with Crippen molar-refractivity contribution in [1.82, 2.24) is 9.55 Å². The average molecular weight is 306 g/mol. The molecule has 1 aromatic carbocycles. The number of nitrogens with zero attached hydrogens (tertiary/aromatic N) is 3. The lowest BCUT2D eigenvalue weighted by Gasteiger charge is -2.41. The molecule has 1 saturated carbocycles. The second-order valence-electron chi connectivity index (χ2n) is 5.27. The van der Waals surface area contributed by atoms with Crippen LogP contribution in [0, 0.1) is 11.3 Å². The molecule has 20 heavy (non-hydrogen) atoms. The van der Waals surface area contributed by atoms with Crippen molar-refractivity contribution in [2.24, 2.45) is 0 Å². The average Bonchev–Trinajstić information content (AvgIpc) is 2.80. The molecule has 1 aromatic heterocycles. The molecule has 3 nitrogen and oxygen atoms in total. The Bertz CT molecular complexity index is 677. The first kappa shape index (κ1) is 13.8. The highest BCUT2D eigenvalue weighted by atomic mass is 35.5. The van der Waals surface area contributed by atoms with Gasteiger partial charge in [0, 0.05) is 11.3 Å². The Kier molecular flexibility index (Phi) is 3.66. The lowest BCUT2D eigenvalue weighted by Crippen LogP contribution is -2.38. The smallest absolute Gasteiger partial charge is 0.124 e. The molecule has 0 bridgehead atoms. The highest BCUT2D eigenvalue weighted by Gasteiger charge is 2.37. The van der Waals surface area contributed by atoms with Gasteiger partial charge >= 0.3 is 0 Å². The van der Waals surface area contributed by atoms with Gasteiger partial charge in [0.25, 0.3) is 0 Å². The molecule has 0 unspecified atom stereocenters. The van der Waals surface area contributed by atoms with Crippen LogP contribution in [0.3, 0.4) is 0 Å².